The molecule has 6 nitrogen and oxygen atoms in total. The number of aliphatic hydroxyl groups excluding tert-OH is 1. The van der Waals surface area contributed by atoms with Crippen molar-refractivity contribution in [2.45, 2.75) is 58.0 Å². The molecule has 2 rings (SSSR count). The molecule has 1 N–H and O–H groups in total. The average molecular weight is 408 g/mol. The Morgan fingerprint density at radius 2 is 2.04 bits per heavy atom. The number of halogens is 3. The van der Waals surface area contributed by atoms with E-state index in [-0.39, 0.29) is 24.9 Å². The van der Waals surface area contributed by atoms with E-state index in [4.69, 9.17) is 4.74 Å². The Kier molecular flexibility index (Phi) is 6.75. The zero-order chi connectivity index (χ0) is 20.4. The molecule has 1 aromatic heterocycles. The highest BCUT2D eigenvalue weighted by molar-refractivity contribution is 6.76. The Morgan fingerprint density at radius 3 is 2.59 bits per heavy atom. The van der Waals surface area contributed by atoms with Crippen LogP contribution in [0.25, 0.3) is 0 Å². The van der Waals surface area contributed by atoms with Gasteiger partial charge in [-0.3, -0.25) is 4.79 Å². The maximum Gasteiger partial charge on any atom is 0.423 e. The van der Waals surface area contributed by atoms with Crippen molar-refractivity contribution >= 4 is 13.8 Å². The molecule has 0 radical (unpaired) electrons. The van der Waals surface area contributed by atoms with Gasteiger partial charge in [0.15, 0.2) is 0 Å². The lowest BCUT2D eigenvalue weighted by molar-refractivity contribution is -0.138. The second-order valence-corrected chi connectivity index (χ2v) is 14.0. The van der Waals surface area contributed by atoms with Crippen molar-refractivity contribution in [3.05, 3.63) is 22.1 Å². The maximum atomic E-state index is 13.6. The summed E-state index contributed by atoms with van der Waals surface area (Å²) in [7, 11) is -1.34. The van der Waals surface area contributed by atoms with Gasteiger partial charge in [0.05, 0.1) is 24.5 Å². The van der Waals surface area contributed by atoms with Crippen LogP contribution in [0.3, 0.4) is 0 Å². The molecular weight excluding hydrogens is 379 g/mol. The van der Waals surface area contributed by atoms with E-state index >= 15 is 0 Å². The smallest absolute Gasteiger partial charge is 0.394 e. The van der Waals surface area contributed by atoms with Crippen molar-refractivity contribution in [2.75, 3.05) is 24.7 Å². The van der Waals surface area contributed by atoms with Gasteiger partial charge >= 0.3 is 6.18 Å². The van der Waals surface area contributed by atoms with Crippen LogP contribution in [0, 0.1) is 5.92 Å². The first kappa shape index (κ1) is 21.9. The lowest BCUT2D eigenvalue weighted by atomic mass is 10.1. The summed E-state index contributed by atoms with van der Waals surface area (Å²) in [6.07, 6.45) is -3.19. The zero-order valence-electron chi connectivity index (χ0n) is 16.2. The Morgan fingerprint density at radius 1 is 1.37 bits per heavy atom. The molecule has 1 aromatic rings. The Balaban J connectivity index is 2.30. The quantitative estimate of drug-likeness (QED) is 0.556. The number of alkyl halides is 3. The van der Waals surface area contributed by atoms with E-state index < -0.39 is 31.4 Å². The van der Waals surface area contributed by atoms with Gasteiger partial charge in [-0.25, -0.2) is 4.68 Å². The molecule has 1 aliphatic rings. The average Bonchev–Trinajstić information content (AvgIpc) is 2.91. The third-order valence-corrected chi connectivity index (χ3v) is 6.37. The van der Waals surface area contributed by atoms with Gasteiger partial charge in [0.1, 0.15) is 12.3 Å². The number of aromatic nitrogens is 2. The normalized spacial score (nSPS) is 21.1. The number of nitrogens with zero attached hydrogens (tertiary/aromatic N) is 3. The standard InChI is InChI=1S/C17H28F3N3O3Si/c1-12-7-13(10-24)22(9-12)14-8-21-23(11-26-5-6-27(2,3)4)16(25)15(14)17(18,19)20/h8,12-13,24H,5-7,9-11H2,1-4H3/t12-,13+/m1/s1. The minimum absolute atomic E-state index is 0.121. The van der Waals surface area contributed by atoms with E-state index in [2.05, 4.69) is 24.7 Å². The van der Waals surface area contributed by atoms with Gasteiger partial charge in [-0.15, -0.1) is 0 Å². The predicted molar refractivity (Wildman–Crippen MR) is 99.6 cm³/mol. The van der Waals surface area contributed by atoms with Crippen LogP contribution < -0.4 is 10.5 Å². The van der Waals surface area contributed by atoms with Crippen LogP contribution in [0.2, 0.25) is 25.7 Å². The molecule has 0 unspecified atom stereocenters. The minimum Gasteiger partial charge on any atom is -0.394 e. The highest BCUT2D eigenvalue weighted by Crippen LogP contribution is 2.37. The molecule has 2 atom stereocenters. The number of aliphatic hydroxyl groups is 1. The number of hydrogen-bond acceptors (Lipinski definition) is 5. The van der Waals surface area contributed by atoms with Crippen molar-refractivity contribution < 1.29 is 23.0 Å². The van der Waals surface area contributed by atoms with Crippen molar-refractivity contribution in [2.24, 2.45) is 5.92 Å². The van der Waals surface area contributed by atoms with Crippen LogP contribution in [0.5, 0.6) is 0 Å². The summed E-state index contributed by atoms with van der Waals surface area (Å²) in [5.41, 5.74) is -2.74. The molecule has 1 saturated heterocycles. The van der Waals surface area contributed by atoms with E-state index in [1.54, 1.807) is 0 Å². The van der Waals surface area contributed by atoms with Gasteiger partial charge in [0, 0.05) is 21.2 Å². The number of hydrogen-bond donors (Lipinski definition) is 1. The molecule has 0 saturated carbocycles. The lowest BCUT2D eigenvalue weighted by Crippen LogP contribution is -2.39. The van der Waals surface area contributed by atoms with E-state index in [1.807, 2.05) is 6.92 Å². The van der Waals surface area contributed by atoms with Gasteiger partial charge in [-0.1, -0.05) is 26.6 Å². The molecule has 0 aliphatic carbocycles. The van der Waals surface area contributed by atoms with Crippen LogP contribution in [-0.2, 0) is 17.6 Å². The molecule has 0 amide bonds. The van der Waals surface area contributed by atoms with Gasteiger partial charge in [-0.05, 0) is 18.4 Å². The van der Waals surface area contributed by atoms with Crippen molar-refractivity contribution in [1.29, 1.82) is 0 Å². The van der Waals surface area contributed by atoms with Crippen LogP contribution >= 0.6 is 0 Å². The summed E-state index contributed by atoms with van der Waals surface area (Å²) < 4.78 is 47.0. The summed E-state index contributed by atoms with van der Waals surface area (Å²) in [4.78, 5) is 13.9. The van der Waals surface area contributed by atoms with E-state index in [1.165, 1.54) is 4.90 Å². The highest BCUT2D eigenvalue weighted by atomic mass is 28.3. The van der Waals surface area contributed by atoms with Gasteiger partial charge in [-0.2, -0.15) is 18.3 Å². The fourth-order valence-electron chi connectivity index (χ4n) is 3.20. The van der Waals surface area contributed by atoms with Crippen molar-refractivity contribution in [3.8, 4) is 0 Å². The predicted octanol–water partition coefficient (Wildman–Crippen LogP) is 2.78. The summed E-state index contributed by atoms with van der Waals surface area (Å²) >= 11 is 0. The Bertz CT molecular complexity index is 703. The van der Waals surface area contributed by atoms with Crippen LogP contribution in [0.1, 0.15) is 18.9 Å². The fourth-order valence-corrected chi connectivity index (χ4v) is 3.96. The van der Waals surface area contributed by atoms with E-state index in [9.17, 15) is 23.1 Å². The van der Waals surface area contributed by atoms with Gasteiger partial charge < -0.3 is 14.7 Å². The van der Waals surface area contributed by atoms with Crippen LogP contribution in [0.15, 0.2) is 11.0 Å². The second kappa shape index (κ2) is 8.32. The Labute approximate surface area is 157 Å². The van der Waals surface area contributed by atoms with E-state index in [0.29, 0.717) is 24.3 Å². The molecule has 0 aromatic carbocycles. The molecule has 0 bridgehead atoms. The molecule has 10 heteroatoms. The van der Waals surface area contributed by atoms with Crippen LogP contribution in [0.4, 0.5) is 18.9 Å². The molecule has 1 fully saturated rings. The minimum atomic E-state index is -4.82. The van der Waals surface area contributed by atoms with Gasteiger partial charge in [0.25, 0.3) is 5.56 Å². The second-order valence-electron chi connectivity index (χ2n) is 8.38. The first-order valence-corrected chi connectivity index (χ1v) is 12.8. The number of rotatable bonds is 7. The molecule has 154 valence electrons. The third kappa shape index (κ3) is 5.55. The molecule has 1 aliphatic heterocycles. The lowest BCUT2D eigenvalue weighted by Gasteiger charge is -2.27. The summed E-state index contributed by atoms with van der Waals surface area (Å²) in [6.45, 7) is 8.51. The van der Waals surface area contributed by atoms with Gasteiger partial charge in [0.2, 0.25) is 0 Å². The SMILES string of the molecule is C[C@@H]1C[C@@H](CO)N(c2cnn(COCC[Si](C)(C)C)c(=O)c2C(F)(F)F)C1. The molecular formula is C17H28F3N3O3Si. The number of anilines is 1. The fraction of sp³-hybridized carbons (Fsp3) is 0.765. The third-order valence-electron chi connectivity index (χ3n) is 4.66. The monoisotopic (exact) mass is 407 g/mol. The Hall–Kier alpha value is -1.39. The number of ether oxygens (including phenoxy) is 1. The highest BCUT2D eigenvalue weighted by Gasteiger charge is 2.42. The maximum absolute atomic E-state index is 13.6. The molecule has 2 heterocycles. The first-order chi connectivity index (χ1) is 12.4. The summed E-state index contributed by atoms with van der Waals surface area (Å²) in [5.74, 6) is 0.121. The largest absolute Gasteiger partial charge is 0.423 e. The topological polar surface area (TPSA) is 67.6 Å². The molecule has 0 spiro atoms. The summed E-state index contributed by atoms with van der Waals surface area (Å²) in [5, 5.41) is 13.4. The van der Waals surface area contributed by atoms with E-state index in [0.717, 1.165) is 12.2 Å². The zero-order valence-corrected chi connectivity index (χ0v) is 17.2. The summed E-state index contributed by atoms with van der Waals surface area (Å²) in [6, 6.07) is 0.390. The first-order valence-electron chi connectivity index (χ1n) is 9.06. The van der Waals surface area contributed by atoms with Crippen LogP contribution in [-0.4, -0.2) is 48.8 Å². The van der Waals surface area contributed by atoms with Crippen molar-refractivity contribution in [3.63, 3.8) is 0 Å². The van der Waals surface area contributed by atoms with Crippen molar-refractivity contribution in [1.82, 2.24) is 9.78 Å². The molecule has 27 heavy (non-hydrogen) atoms.